The van der Waals surface area contributed by atoms with E-state index in [1.54, 1.807) is 0 Å². The van der Waals surface area contributed by atoms with Crippen molar-refractivity contribution in [3.05, 3.63) is 34.4 Å². The smallest absolute Gasteiger partial charge is 0.202 e. The van der Waals surface area contributed by atoms with Crippen LogP contribution in [0.25, 0.3) is 0 Å². The summed E-state index contributed by atoms with van der Waals surface area (Å²) in [6, 6.07) is 0. The summed E-state index contributed by atoms with van der Waals surface area (Å²) in [5.74, 6) is 6.65. The van der Waals surface area contributed by atoms with E-state index in [9.17, 15) is 5.11 Å². The summed E-state index contributed by atoms with van der Waals surface area (Å²) in [6.45, 7) is 8.88. The van der Waals surface area contributed by atoms with Gasteiger partial charge in [0.15, 0.2) is 0 Å². The Balaban J connectivity index is 0.00000392. The molecule has 1 aromatic carbocycles. The van der Waals surface area contributed by atoms with E-state index >= 15 is 0 Å². The number of guanidine groups is 1. The van der Waals surface area contributed by atoms with Crippen LogP contribution in [0.3, 0.4) is 0 Å². The summed E-state index contributed by atoms with van der Waals surface area (Å²) in [4.78, 5) is 0. The number of nitrogens with one attached hydrogen (secondary N) is 3. The molecule has 0 saturated heterocycles. The molecule has 158 valence electrons. The maximum Gasteiger partial charge on any atom is 0.202 e. The molecule has 1 aliphatic rings. The van der Waals surface area contributed by atoms with Gasteiger partial charge in [-0.2, -0.15) is 0 Å². The first-order valence-corrected chi connectivity index (χ1v) is 9.73. The van der Waals surface area contributed by atoms with Crippen LogP contribution >= 0.6 is 24.0 Å². The number of hydrazine groups is 1. The summed E-state index contributed by atoms with van der Waals surface area (Å²) in [7, 11) is 0. The fraction of sp³-hybridized carbons (Fsp3) is 0.571. The SMILES string of the molecule is Cc1c(C)c2c(c(C)c1O)CCC(C)(CC=CCCCCNC(=N)NN)O2.I. The number of phenolic OH excluding ortho intramolecular Hbond substituents is 1. The number of unbranched alkanes of at least 4 members (excludes halogenated alkanes) is 2. The van der Waals surface area contributed by atoms with Crippen molar-refractivity contribution in [1.29, 1.82) is 5.41 Å². The van der Waals surface area contributed by atoms with Gasteiger partial charge in [0, 0.05) is 18.5 Å². The Hall–Kier alpha value is -1.48. The van der Waals surface area contributed by atoms with Crippen molar-refractivity contribution >= 4 is 29.9 Å². The molecular formula is C21H35IN4O2. The van der Waals surface area contributed by atoms with E-state index in [2.05, 4.69) is 29.8 Å². The average molecular weight is 502 g/mol. The van der Waals surface area contributed by atoms with Crippen molar-refractivity contribution < 1.29 is 9.84 Å². The van der Waals surface area contributed by atoms with E-state index in [-0.39, 0.29) is 35.5 Å². The fourth-order valence-corrected chi connectivity index (χ4v) is 3.54. The van der Waals surface area contributed by atoms with Crippen molar-refractivity contribution in [2.45, 2.75) is 71.8 Å². The third kappa shape index (κ3) is 6.01. The van der Waals surface area contributed by atoms with Crippen LogP contribution in [0.5, 0.6) is 11.5 Å². The van der Waals surface area contributed by atoms with Crippen LogP contribution in [0, 0.1) is 26.2 Å². The van der Waals surface area contributed by atoms with Gasteiger partial charge in [0.2, 0.25) is 5.96 Å². The van der Waals surface area contributed by atoms with Gasteiger partial charge in [0.25, 0.3) is 0 Å². The molecule has 0 bridgehead atoms. The van der Waals surface area contributed by atoms with Gasteiger partial charge in [-0.3, -0.25) is 10.8 Å². The second-order valence-corrected chi connectivity index (χ2v) is 7.70. The standard InChI is InChI=1S/C21H34N4O2.HI/c1-14-15(2)19-17(16(3)18(14)26)10-12-21(4,27-19)11-8-6-5-7-9-13-24-20(22)25-23;/h6,8,26H,5,7,9-13,23H2,1-4H3,(H3,22,24,25);1H. The van der Waals surface area contributed by atoms with Crippen LogP contribution in [0.15, 0.2) is 12.2 Å². The van der Waals surface area contributed by atoms with Crippen LogP contribution < -0.4 is 21.3 Å². The Morgan fingerprint density at radius 1 is 1.21 bits per heavy atom. The second-order valence-electron chi connectivity index (χ2n) is 7.70. The largest absolute Gasteiger partial charge is 0.507 e. The van der Waals surface area contributed by atoms with Crippen LogP contribution in [0.1, 0.15) is 61.3 Å². The van der Waals surface area contributed by atoms with Crippen LogP contribution in [-0.4, -0.2) is 23.2 Å². The minimum atomic E-state index is -0.201. The summed E-state index contributed by atoms with van der Waals surface area (Å²) in [6.07, 6.45) is 10.3. The number of halogens is 1. The number of ether oxygens (including phenoxy) is 1. The monoisotopic (exact) mass is 502 g/mol. The number of phenols is 1. The Bertz CT molecular complexity index is 721. The van der Waals surface area contributed by atoms with E-state index in [0.717, 1.165) is 73.1 Å². The minimum Gasteiger partial charge on any atom is -0.507 e. The van der Waals surface area contributed by atoms with Crippen molar-refractivity contribution in [3.63, 3.8) is 0 Å². The molecule has 0 aliphatic carbocycles. The van der Waals surface area contributed by atoms with Crippen LogP contribution in [0.4, 0.5) is 0 Å². The van der Waals surface area contributed by atoms with Gasteiger partial charge in [-0.05, 0) is 76.5 Å². The number of hydrogen-bond acceptors (Lipinski definition) is 4. The Labute approximate surface area is 185 Å². The molecule has 0 amide bonds. The molecule has 0 fully saturated rings. The summed E-state index contributed by atoms with van der Waals surface area (Å²) in [5, 5.41) is 20.5. The minimum absolute atomic E-state index is 0. The molecular weight excluding hydrogens is 467 g/mol. The lowest BCUT2D eigenvalue weighted by atomic mass is 9.85. The highest BCUT2D eigenvalue weighted by Gasteiger charge is 2.33. The molecule has 0 saturated carbocycles. The average Bonchev–Trinajstić information content (AvgIpc) is 2.66. The molecule has 1 aliphatic heterocycles. The van der Waals surface area contributed by atoms with Gasteiger partial charge >= 0.3 is 0 Å². The maximum absolute atomic E-state index is 10.3. The number of nitrogens with two attached hydrogens (primary N) is 1. The molecule has 7 heteroatoms. The predicted octanol–water partition coefficient (Wildman–Crippen LogP) is 4.12. The van der Waals surface area contributed by atoms with Gasteiger partial charge in [0.1, 0.15) is 17.1 Å². The first-order chi connectivity index (χ1) is 12.8. The number of hydrogen-bond donors (Lipinski definition) is 5. The van der Waals surface area contributed by atoms with E-state index in [4.69, 9.17) is 16.0 Å². The zero-order valence-corrected chi connectivity index (χ0v) is 19.8. The van der Waals surface area contributed by atoms with Crippen LogP contribution in [-0.2, 0) is 6.42 Å². The number of benzene rings is 1. The number of aromatic hydroxyl groups is 1. The van der Waals surface area contributed by atoms with Crippen LogP contribution in [0.2, 0.25) is 0 Å². The van der Waals surface area contributed by atoms with Gasteiger partial charge in [0.05, 0.1) is 0 Å². The zero-order chi connectivity index (χ0) is 20.0. The molecule has 6 N–H and O–H groups in total. The molecule has 0 spiro atoms. The Morgan fingerprint density at radius 2 is 1.93 bits per heavy atom. The molecule has 2 rings (SSSR count). The van der Waals surface area contributed by atoms with Gasteiger partial charge in [-0.1, -0.05) is 12.2 Å². The first kappa shape index (κ1) is 24.6. The third-order valence-corrected chi connectivity index (χ3v) is 5.55. The molecule has 1 unspecified atom stereocenters. The third-order valence-electron chi connectivity index (χ3n) is 5.55. The molecule has 1 heterocycles. The van der Waals surface area contributed by atoms with Crippen molar-refractivity contribution in [1.82, 2.24) is 10.7 Å². The fourth-order valence-electron chi connectivity index (χ4n) is 3.54. The van der Waals surface area contributed by atoms with E-state index in [0.29, 0.717) is 5.75 Å². The predicted molar refractivity (Wildman–Crippen MR) is 126 cm³/mol. The lowest BCUT2D eigenvalue weighted by Gasteiger charge is -2.37. The van der Waals surface area contributed by atoms with Gasteiger partial charge in [-0.25, -0.2) is 5.84 Å². The Kier molecular flexibility index (Phi) is 9.56. The van der Waals surface area contributed by atoms with E-state index in [1.807, 2.05) is 20.8 Å². The van der Waals surface area contributed by atoms with E-state index < -0.39 is 0 Å². The number of allylic oxidation sites excluding steroid dienone is 1. The molecule has 0 radical (unpaired) electrons. The zero-order valence-electron chi connectivity index (χ0n) is 17.4. The number of fused-ring (bicyclic) bond motifs is 1. The second kappa shape index (κ2) is 10.9. The molecule has 0 aromatic heterocycles. The van der Waals surface area contributed by atoms with Crippen molar-refractivity contribution in [2.24, 2.45) is 5.84 Å². The van der Waals surface area contributed by atoms with Crippen molar-refractivity contribution in [2.75, 3.05) is 6.54 Å². The maximum atomic E-state index is 10.3. The normalized spacial score (nSPS) is 18.2. The molecule has 6 nitrogen and oxygen atoms in total. The topological polar surface area (TPSA) is 103 Å². The van der Waals surface area contributed by atoms with Gasteiger partial charge < -0.3 is 15.2 Å². The quantitative estimate of drug-likeness (QED) is 0.0734. The molecule has 1 aromatic rings. The number of rotatable bonds is 7. The highest BCUT2D eigenvalue weighted by molar-refractivity contribution is 14.0. The highest BCUT2D eigenvalue weighted by Crippen LogP contribution is 2.44. The summed E-state index contributed by atoms with van der Waals surface area (Å²) >= 11 is 0. The Morgan fingerprint density at radius 3 is 2.61 bits per heavy atom. The van der Waals surface area contributed by atoms with E-state index in [1.165, 1.54) is 0 Å². The first-order valence-electron chi connectivity index (χ1n) is 9.73. The molecule has 28 heavy (non-hydrogen) atoms. The molecule has 1 atom stereocenters. The lowest BCUT2D eigenvalue weighted by Crippen LogP contribution is -2.40. The van der Waals surface area contributed by atoms with Gasteiger partial charge in [-0.15, -0.1) is 24.0 Å². The van der Waals surface area contributed by atoms with Crippen molar-refractivity contribution in [3.8, 4) is 11.5 Å². The highest BCUT2D eigenvalue weighted by atomic mass is 127. The summed E-state index contributed by atoms with van der Waals surface area (Å²) in [5.41, 5.74) is 6.14. The lowest BCUT2D eigenvalue weighted by molar-refractivity contribution is 0.0666. The summed E-state index contributed by atoms with van der Waals surface area (Å²) < 4.78 is 6.44.